The van der Waals surface area contributed by atoms with Crippen LogP contribution in [0.4, 0.5) is 5.95 Å². The zero-order chi connectivity index (χ0) is 12.5. The molecule has 0 aromatic carbocycles. The second-order valence-electron chi connectivity index (χ2n) is 4.00. The summed E-state index contributed by atoms with van der Waals surface area (Å²) >= 11 is 5.87. The average Bonchev–Trinajstić information content (AvgIpc) is 2.32. The number of nitrogens with two attached hydrogens (primary N) is 1. The van der Waals surface area contributed by atoms with Crippen molar-refractivity contribution in [3.8, 4) is 5.88 Å². The molecule has 0 saturated carbocycles. The number of hydrogen-bond acceptors (Lipinski definition) is 4. The van der Waals surface area contributed by atoms with Crippen molar-refractivity contribution < 1.29 is 4.74 Å². The van der Waals surface area contributed by atoms with Gasteiger partial charge in [0.05, 0.1) is 12.8 Å². The highest BCUT2D eigenvalue weighted by Gasteiger charge is 2.04. The van der Waals surface area contributed by atoms with E-state index in [4.69, 9.17) is 22.1 Å². The van der Waals surface area contributed by atoms with Gasteiger partial charge in [0.2, 0.25) is 11.8 Å². The van der Waals surface area contributed by atoms with Gasteiger partial charge in [0, 0.05) is 0 Å². The monoisotopic (exact) mass is 257 g/mol. The van der Waals surface area contributed by atoms with Crippen molar-refractivity contribution in [1.82, 2.24) is 9.97 Å². The van der Waals surface area contributed by atoms with Crippen LogP contribution < -0.4 is 10.5 Å². The number of ether oxygens (including phenoxy) is 1. The Hall–Kier alpha value is -1.03. The standard InChI is InChI=1S/C12H20ClN3O/c1-2-3-4-5-6-7-8-17-11-10(13)9-15-12(14)16-11/h9H,2-8H2,1H3,(H2,14,15,16). The van der Waals surface area contributed by atoms with Crippen LogP contribution in [-0.2, 0) is 0 Å². The lowest BCUT2D eigenvalue weighted by atomic mass is 10.1. The lowest BCUT2D eigenvalue weighted by molar-refractivity contribution is 0.293. The topological polar surface area (TPSA) is 61.0 Å². The third-order valence-electron chi connectivity index (χ3n) is 2.47. The predicted molar refractivity (Wildman–Crippen MR) is 70.3 cm³/mol. The molecule has 17 heavy (non-hydrogen) atoms. The van der Waals surface area contributed by atoms with Gasteiger partial charge < -0.3 is 10.5 Å². The maximum absolute atomic E-state index is 5.87. The van der Waals surface area contributed by atoms with E-state index in [1.54, 1.807) is 0 Å². The molecule has 0 spiro atoms. The number of anilines is 1. The summed E-state index contributed by atoms with van der Waals surface area (Å²) in [7, 11) is 0. The Morgan fingerprint density at radius 1 is 1.24 bits per heavy atom. The Labute approximate surface area is 108 Å². The van der Waals surface area contributed by atoms with Gasteiger partial charge in [-0.05, 0) is 6.42 Å². The largest absolute Gasteiger partial charge is 0.476 e. The van der Waals surface area contributed by atoms with E-state index in [-0.39, 0.29) is 5.95 Å². The number of halogens is 1. The van der Waals surface area contributed by atoms with Crippen molar-refractivity contribution in [3.63, 3.8) is 0 Å². The number of unbranched alkanes of at least 4 members (excludes halogenated alkanes) is 5. The summed E-state index contributed by atoms with van der Waals surface area (Å²) in [5, 5.41) is 0.408. The third kappa shape index (κ3) is 5.73. The van der Waals surface area contributed by atoms with E-state index in [0.717, 1.165) is 6.42 Å². The molecule has 0 unspecified atom stereocenters. The minimum atomic E-state index is 0.187. The Bertz CT molecular complexity index is 334. The molecule has 0 aliphatic heterocycles. The van der Waals surface area contributed by atoms with E-state index < -0.39 is 0 Å². The van der Waals surface area contributed by atoms with E-state index in [1.807, 2.05) is 0 Å². The Morgan fingerprint density at radius 3 is 2.71 bits per heavy atom. The second kappa shape index (κ2) is 8.12. The van der Waals surface area contributed by atoms with Crippen molar-refractivity contribution in [2.45, 2.75) is 45.4 Å². The quantitative estimate of drug-likeness (QED) is 0.725. The lowest BCUT2D eigenvalue weighted by Gasteiger charge is -2.06. The number of aromatic nitrogens is 2. The van der Waals surface area contributed by atoms with Crippen LogP contribution in [0.5, 0.6) is 5.88 Å². The van der Waals surface area contributed by atoms with Gasteiger partial charge in [0.15, 0.2) is 0 Å². The molecule has 1 aromatic heterocycles. The summed E-state index contributed by atoms with van der Waals surface area (Å²) in [4.78, 5) is 7.70. The van der Waals surface area contributed by atoms with Crippen LogP contribution >= 0.6 is 11.6 Å². The first-order chi connectivity index (χ1) is 8.24. The Balaban J connectivity index is 2.15. The van der Waals surface area contributed by atoms with Crippen molar-refractivity contribution >= 4 is 17.5 Å². The van der Waals surface area contributed by atoms with Crippen molar-refractivity contribution in [3.05, 3.63) is 11.2 Å². The zero-order valence-electron chi connectivity index (χ0n) is 10.3. The number of nitrogen functional groups attached to an aromatic ring is 1. The van der Waals surface area contributed by atoms with Crippen molar-refractivity contribution in [2.24, 2.45) is 0 Å². The van der Waals surface area contributed by atoms with Gasteiger partial charge in [-0.1, -0.05) is 50.6 Å². The zero-order valence-corrected chi connectivity index (χ0v) is 11.0. The van der Waals surface area contributed by atoms with E-state index >= 15 is 0 Å². The second-order valence-corrected chi connectivity index (χ2v) is 4.40. The van der Waals surface area contributed by atoms with Crippen LogP contribution in [0.15, 0.2) is 6.20 Å². The summed E-state index contributed by atoms with van der Waals surface area (Å²) in [6, 6.07) is 0. The van der Waals surface area contributed by atoms with Gasteiger partial charge in [0.1, 0.15) is 5.02 Å². The highest BCUT2D eigenvalue weighted by atomic mass is 35.5. The number of rotatable bonds is 8. The van der Waals surface area contributed by atoms with Crippen molar-refractivity contribution in [1.29, 1.82) is 0 Å². The van der Waals surface area contributed by atoms with E-state index in [1.165, 1.54) is 38.3 Å². The van der Waals surface area contributed by atoms with Crippen LogP contribution in [0.25, 0.3) is 0 Å². The normalized spacial score (nSPS) is 10.5. The van der Waals surface area contributed by atoms with Gasteiger partial charge >= 0.3 is 0 Å². The van der Waals surface area contributed by atoms with Gasteiger partial charge in [-0.15, -0.1) is 0 Å². The van der Waals surface area contributed by atoms with Crippen LogP contribution in [0.1, 0.15) is 45.4 Å². The Kier molecular flexibility index (Phi) is 6.70. The van der Waals surface area contributed by atoms with Crippen LogP contribution in [0.2, 0.25) is 5.02 Å². The molecule has 0 aliphatic rings. The predicted octanol–water partition coefficient (Wildman–Crippen LogP) is 3.45. The van der Waals surface area contributed by atoms with Gasteiger partial charge in [-0.3, -0.25) is 0 Å². The fraction of sp³-hybridized carbons (Fsp3) is 0.667. The molecule has 96 valence electrons. The first-order valence-corrected chi connectivity index (χ1v) is 6.52. The molecule has 1 rings (SSSR count). The third-order valence-corrected chi connectivity index (χ3v) is 2.73. The summed E-state index contributed by atoms with van der Waals surface area (Å²) in [6.07, 6.45) is 8.80. The maximum atomic E-state index is 5.87. The lowest BCUT2D eigenvalue weighted by Crippen LogP contribution is -2.02. The number of hydrogen-bond donors (Lipinski definition) is 1. The van der Waals surface area contributed by atoms with Crippen LogP contribution in [0.3, 0.4) is 0 Å². The van der Waals surface area contributed by atoms with Crippen LogP contribution in [-0.4, -0.2) is 16.6 Å². The molecule has 0 bridgehead atoms. The minimum absolute atomic E-state index is 0.187. The molecule has 4 nitrogen and oxygen atoms in total. The number of nitrogens with zero attached hydrogens (tertiary/aromatic N) is 2. The molecule has 0 aliphatic carbocycles. The molecule has 0 amide bonds. The molecule has 0 fully saturated rings. The minimum Gasteiger partial charge on any atom is -0.476 e. The summed E-state index contributed by atoms with van der Waals surface area (Å²) in [5.74, 6) is 0.570. The molecule has 2 N–H and O–H groups in total. The molecular formula is C12H20ClN3O. The molecule has 1 aromatic rings. The van der Waals surface area contributed by atoms with Gasteiger partial charge in [0.25, 0.3) is 0 Å². The highest BCUT2D eigenvalue weighted by Crippen LogP contribution is 2.21. The molecule has 1 heterocycles. The first-order valence-electron chi connectivity index (χ1n) is 6.15. The average molecular weight is 258 g/mol. The SMILES string of the molecule is CCCCCCCCOc1nc(N)ncc1Cl. The molecular weight excluding hydrogens is 238 g/mol. The fourth-order valence-corrected chi connectivity index (χ4v) is 1.66. The van der Waals surface area contributed by atoms with Crippen molar-refractivity contribution in [2.75, 3.05) is 12.3 Å². The van der Waals surface area contributed by atoms with E-state index in [0.29, 0.717) is 17.5 Å². The smallest absolute Gasteiger partial charge is 0.237 e. The fourth-order valence-electron chi connectivity index (χ4n) is 1.52. The van der Waals surface area contributed by atoms with E-state index in [9.17, 15) is 0 Å². The van der Waals surface area contributed by atoms with Gasteiger partial charge in [-0.2, -0.15) is 4.98 Å². The van der Waals surface area contributed by atoms with Crippen LogP contribution in [0, 0.1) is 0 Å². The molecule has 0 radical (unpaired) electrons. The van der Waals surface area contributed by atoms with E-state index in [2.05, 4.69) is 16.9 Å². The molecule has 5 heteroatoms. The molecule has 0 atom stereocenters. The summed E-state index contributed by atoms with van der Waals surface area (Å²) in [5.41, 5.74) is 5.45. The molecule has 0 saturated heterocycles. The Morgan fingerprint density at radius 2 is 1.94 bits per heavy atom. The highest BCUT2D eigenvalue weighted by molar-refractivity contribution is 6.31. The summed E-state index contributed by atoms with van der Waals surface area (Å²) < 4.78 is 5.46. The summed E-state index contributed by atoms with van der Waals surface area (Å²) in [6.45, 7) is 2.84. The maximum Gasteiger partial charge on any atom is 0.237 e. The first kappa shape index (κ1) is 14.0. The van der Waals surface area contributed by atoms with Gasteiger partial charge in [-0.25, -0.2) is 4.98 Å².